The maximum atomic E-state index is 12.7. The van der Waals surface area contributed by atoms with Gasteiger partial charge in [-0.2, -0.15) is 4.31 Å². The number of hydrogen-bond donors (Lipinski definition) is 2. The first-order valence-electron chi connectivity index (χ1n) is 6.41. The smallest absolute Gasteiger partial charge is 0.243 e. The fourth-order valence-corrected chi connectivity index (χ4v) is 4.02. The van der Waals surface area contributed by atoms with Crippen LogP contribution in [0.2, 0.25) is 5.02 Å². The van der Waals surface area contributed by atoms with Crippen LogP contribution in [0, 0.1) is 0 Å². The highest BCUT2D eigenvalue weighted by Gasteiger charge is 2.25. The van der Waals surface area contributed by atoms with Gasteiger partial charge < -0.3 is 10.2 Å². The second-order valence-electron chi connectivity index (χ2n) is 4.44. The zero-order valence-electron chi connectivity index (χ0n) is 11.2. The third-order valence-electron chi connectivity index (χ3n) is 3.15. The number of benzene rings is 2. The van der Waals surface area contributed by atoms with E-state index in [-0.39, 0.29) is 31.2 Å². The fourth-order valence-electron chi connectivity index (χ4n) is 2.17. The third kappa shape index (κ3) is 3.20. The Bertz CT molecular complexity index is 727. The van der Waals surface area contributed by atoms with Crippen molar-refractivity contribution >= 4 is 32.4 Å². The molecule has 0 radical (unpaired) electrons. The molecule has 0 saturated carbocycles. The SMILES string of the molecule is O=S(=O)(c1ccc(Cl)c2ccccc12)N(CCO)CCO. The van der Waals surface area contributed by atoms with Crippen molar-refractivity contribution < 1.29 is 18.6 Å². The zero-order valence-corrected chi connectivity index (χ0v) is 12.8. The molecule has 0 heterocycles. The highest BCUT2D eigenvalue weighted by Crippen LogP contribution is 2.30. The van der Waals surface area contributed by atoms with Crippen molar-refractivity contribution in [1.29, 1.82) is 0 Å². The Morgan fingerprint density at radius 1 is 0.952 bits per heavy atom. The van der Waals surface area contributed by atoms with Crippen LogP contribution in [0.3, 0.4) is 0 Å². The maximum Gasteiger partial charge on any atom is 0.243 e. The molecule has 0 aliphatic heterocycles. The van der Waals surface area contributed by atoms with Crippen molar-refractivity contribution in [2.45, 2.75) is 4.90 Å². The fraction of sp³-hybridized carbons (Fsp3) is 0.286. The van der Waals surface area contributed by atoms with Crippen LogP contribution < -0.4 is 0 Å². The number of nitrogens with zero attached hydrogens (tertiary/aromatic N) is 1. The van der Waals surface area contributed by atoms with Crippen molar-refractivity contribution in [3.05, 3.63) is 41.4 Å². The van der Waals surface area contributed by atoms with Gasteiger partial charge in [0.1, 0.15) is 0 Å². The molecule has 0 aliphatic rings. The molecule has 0 aliphatic carbocycles. The lowest BCUT2D eigenvalue weighted by Crippen LogP contribution is -2.36. The normalized spacial score (nSPS) is 12.2. The summed E-state index contributed by atoms with van der Waals surface area (Å²) in [5.41, 5.74) is 0. The molecular formula is C14H16ClNO4S. The highest BCUT2D eigenvalue weighted by molar-refractivity contribution is 7.89. The van der Waals surface area contributed by atoms with Crippen molar-refractivity contribution in [3.8, 4) is 0 Å². The summed E-state index contributed by atoms with van der Waals surface area (Å²) < 4.78 is 26.5. The second kappa shape index (κ2) is 6.72. The summed E-state index contributed by atoms with van der Waals surface area (Å²) in [6.45, 7) is -0.769. The Hall–Kier alpha value is -1.18. The first-order valence-corrected chi connectivity index (χ1v) is 8.23. The average molecular weight is 330 g/mol. The van der Waals surface area contributed by atoms with E-state index in [1.54, 1.807) is 24.3 Å². The van der Waals surface area contributed by atoms with E-state index >= 15 is 0 Å². The topological polar surface area (TPSA) is 77.8 Å². The van der Waals surface area contributed by atoms with Crippen LogP contribution in [0.25, 0.3) is 10.8 Å². The van der Waals surface area contributed by atoms with Gasteiger partial charge in [0, 0.05) is 28.9 Å². The van der Waals surface area contributed by atoms with Crippen molar-refractivity contribution in [2.75, 3.05) is 26.3 Å². The number of rotatable bonds is 6. The minimum Gasteiger partial charge on any atom is -0.395 e. The summed E-state index contributed by atoms with van der Waals surface area (Å²) >= 11 is 6.09. The van der Waals surface area contributed by atoms with Gasteiger partial charge in [0.15, 0.2) is 0 Å². The van der Waals surface area contributed by atoms with E-state index in [1.807, 2.05) is 0 Å². The van der Waals surface area contributed by atoms with Gasteiger partial charge in [0.05, 0.1) is 18.1 Å². The van der Waals surface area contributed by atoms with E-state index in [2.05, 4.69) is 0 Å². The number of aliphatic hydroxyl groups is 2. The lowest BCUT2D eigenvalue weighted by atomic mass is 10.1. The molecule has 0 aromatic heterocycles. The van der Waals surface area contributed by atoms with Crippen molar-refractivity contribution in [3.63, 3.8) is 0 Å². The van der Waals surface area contributed by atoms with Crippen LogP contribution in [-0.4, -0.2) is 49.2 Å². The second-order valence-corrected chi connectivity index (χ2v) is 6.76. The Morgan fingerprint density at radius 3 is 2.10 bits per heavy atom. The van der Waals surface area contributed by atoms with Crippen molar-refractivity contribution in [1.82, 2.24) is 4.31 Å². The molecule has 0 amide bonds. The molecule has 2 N–H and O–H groups in total. The predicted octanol–water partition coefficient (Wildman–Crippen LogP) is 1.47. The van der Waals surface area contributed by atoms with Gasteiger partial charge in [-0.3, -0.25) is 0 Å². The van der Waals surface area contributed by atoms with Gasteiger partial charge in [-0.25, -0.2) is 8.42 Å². The number of halogens is 1. The molecular weight excluding hydrogens is 314 g/mol. The van der Waals surface area contributed by atoms with E-state index in [1.165, 1.54) is 12.1 Å². The summed E-state index contributed by atoms with van der Waals surface area (Å²) in [6, 6.07) is 9.93. The maximum absolute atomic E-state index is 12.7. The first kappa shape index (κ1) is 16.2. The average Bonchev–Trinajstić information content (AvgIpc) is 2.47. The molecule has 2 aromatic rings. The van der Waals surface area contributed by atoms with E-state index in [4.69, 9.17) is 21.8 Å². The van der Waals surface area contributed by atoms with Crippen LogP contribution >= 0.6 is 11.6 Å². The molecule has 114 valence electrons. The van der Waals surface area contributed by atoms with Crippen LogP contribution in [0.1, 0.15) is 0 Å². The lowest BCUT2D eigenvalue weighted by Gasteiger charge is -2.21. The van der Waals surface area contributed by atoms with Crippen LogP contribution in [-0.2, 0) is 10.0 Å². The van der Waals surface area contributed by atoms with Gasteiger partial charge in [-0.1, -0.05) is 35.9 Å². The van der Waals surface area contributed by atoms with Gasteiger partial charge in [-0.15, -0.1) is 0 Å². The Kier molecular flexibility index (Phi) is 5.18. The molecule has 2 rings (SSSR count). The van der Waals surface area contributed by atoms with Crippen LogP contribution in [0.5, 0.6) is 0 Å². The summed E-state index contributed by atoms with van der Waals surface area (Å²) in [5, 5.41) is 19.7. The Morgan fingerprint density at radius 2 is 1.52 bits per heavy atom. The number of aliphatic hydroxyl groups excluding tert-OH is 2. The molecule has 0 bridgehead atoms. The number of hydrogen-bond acceptors (Lipinski definition) is 4. The Labute approximate surface area is 128 Å². The van der Waals surface area contributed by atoms with Crippen molar-refractivity contribution in [2.24, 2.45) is 0 Å². The molecule has 0 fully saturated rings. The lowest BCUT2D eigenvalue weighted by molar-refractivity contribution is 0.217. The minimum absolute atomic E-state index is 0.0696. The molecule has 7 heteroatoms. The van der Waals surface area contributed by atoms with Gasteiger partial charge >= 0.3 is 0 Å². The minimum atomic E-state index is -3.81. The van der Waals surface area contributed by atoms with E-state index in [0.29, 0.717) is 15.8 Å². The van der Waals surface area contributed by atoms with Gasteiger partial charge in [-0.05, 0) is 12.1 Å². The summed E-state index contributed by atoms with van der Waals surface area (Å²) in [4.78, 5) is 0.115. The van der Waals surface area contributed by atoms with Gasteiger partial charge in [0.2, 0.25) is 10.0 Å². The first-order chi connectivity index (χ1) is 10.0. The van der Waals surface area contributed by atoms with E-state index in [0.717, 1.165) is 4.31 Å². The monoisotopic (exact) mass is 329 g/mol. The molecule has 0 saturated heterocycles. The van der Waals surface area contributed by atoms with E-state index < -0.39 is 10.0 Å². The number of fused-ring (bicyclic) bond motifs is 1. The molecule has 5 nitrogen and oxygen atoms in total. The largest absolute Gasteiger partial charge is 0.395 e. The van der Waals surface area contributed by atoms with Crippen LogP contribution in [0.4, 0.5) is 0 Å². The summed E-state index contributed by atoms with van der Waals surface area (Å²) in [5.74, 6) is 0. The predicted molar refractivity (Wildman–Crippen MR) is 81.9 cm³/mol. The standard InChI is InChI=1S/C14H16ClNO4S/c15-13-5-6-14(12-4-2-1-3-11(12)13)21(19,20)16(7-9-17)8-10-18/h1-6,17-18H,7-10H2. The quantitative estimate of drug-likeness (QED) is 0.841. The van der Waals surface area contributed by atoms with E-state index in [9.17, 15) is 8.42 Å². The zero-order chi connectivity index (χ0) is 15.5. The summed E-state index contributed by atoms with van der Waals surface area (Å²) in [7, 11) is -3.81. The molecule has 0 unspecified atom stereocenters. The number of sulfonamides is 1. The molecule has 2 aromatic carbocycles. The highest BCUT2D eigenvalue weighted by atomic mass is 35.5. The summed E-state index contributed by atoms with van der Waals surface area (Å²) in [6.07, 6.45) is 0. The molecule has 21 heavy (non-hydrogen) atoms. The third-order valence-corrected chi connectivity index (χ3v) is 5.43. The Balaban J connectivity index is 2.62. The molecule has 0 spiro atoms. The van der Waals surface area contributed by atoms with Crippen LogP contribution in [0.15, 0.2) is 41.3 Å². The molecule has 0 atom stereocenters. The van der Waals surface area contributed by atoms with Gasteiger partial charge in [0.25, 0.3) is 0 Å².